The van der Waals surface area contributed by atoms with Gasteiger partial charge >= 0.3 is 0 Å². The summed E-state index contributed by atoms with van der Waals surface area (Å²) in [5.41, 5.74) is 0.671. The Balaban J connectivity index is 2.51. The lowest BCUT2D eigenvalue weighted by Crippen LogP contribution is -2.35. The smallest absolute Gasteiger partial charge is 0.253 e. The lowest BCUT2D eigenvalue weighted by molar-refractivity contribution is -0.118. The topological polar surface area (TPSA) is 40.6 Å². The summed E-state index contributed by atoms with van der Waals surface area (Å²) >= 11 is 0. The molecule has 0 spiro atoms. The van der Waals surface area contributed by atoms with E-state index in [1.807, 2.05) is 25.1 Å². The van der Waals surface area contributed by atoms with Crippen molar-refractivity contribution in [3.8, 4) is 0 Å². The molecule has 1 aromatic carbocycles. The summed E-state index contributed by atoms with van der Waals surface area (Å²) < 4.78 is 0. The number of likely N-dealkylation sites (N-methyl/N-ethyl adjacent to an activating group) is 2. The van der Waals surface area contributed by atoms with E-state index in [2.05, 4.69) is 0 Å². The molecule has 0 atom stereocenters. The Morgan fingerprint density at radius 1 is 1.24 bits per heavy atom. The molecule has 0 aliphatic carbocycles. The van der Waals surface area contributed by atoms with Crippen LogP contribution in [0, 0.1) is 0 Å². The van der Waals surface area contributed by atoms with Crippen molar-refractivity contribution in [2.45, 2.75) is 6.92 Å². The standard InChI is InChI=1S/C13H18N2O2/c1-3-15(11-16)10-9-14(2)13(17)12-7-5-4-6-8-12/h4-8,11H,3,9-10H2,1-2H3. The van der Waals surface area contributed by atoms with Gasteiger partial charge < -0.3 is 9.80 Å². The maximum Gasteiger partial charge on any atom is 0.253 e. The highest BCUT2D eigenvalue weighted by molar-refractivity contribution is 5.93. The maximum atomic E-state index is 12.0. The third kappa shape index (κ3) is 3.90. The van der Waals surface area contributed by atoms with Gasteiger partial charge in [-0.15, -0.1) is 0 Å². The predicted molar refractivity (Wildman–Crippen MR) is 66.7 cm³/mol. The molecule has 0 aromatic heterocycles. The summed E-state index contributed by atoms with van der Waals surface area (Å²) in [6.45, 7) is 3.68. The van der Waals surface area contributed by atoms with Crippen LogP contribution < -0.4 is 0 Å². The monoisotopic (exact) mass is 234 g/mol. The third-order valence-electron chi connectivity index (χ3n) is 2.65. The van der Waals surface area contributed by atoms with Crippen LogP contribution in [0.25, 0.3) is 0 Å². The van der Waals surface area contributed by atoms with Crippen LogP contribution in [-0.2, 0) is 4.79 Å². The zero-order chi connectivity index (χ0) is 12.7. The van der Waals surface area contributed by atoms with E-state index in [0.29, 0.717) is 25.2 Å². The Kier molecular flexibility index (Phi) is 5.20. The summed E-state index contributed by atoms with van der Waals surface area (Å²) in [4.78, 5) is 25.8. The number of benzene rings is 1. The van der Waals surface area contributed by atoms with Crippen molar-refractivity contribution >= 4 is 12.3 Å². The third-order valence-corrected chi connectivity index (χ3v) is 2.65. The van der Waals surface area contributed by atoms with Crippen LogP contribution in [0.2, 0.25) is 0 Å². The zero-order valence-electron chi connectivity index (χ0n) is 10.3. The number of nitrogens with zero attached hydrogens (tertiary/aromatic N) is 2. The molecule has 92 valence electrons. The van der Waals surface area contributed by atoms with Crippen molar-refractivity contribution in [2.24, 2.45) is 0 Å². The van der Waals surface area contributed by atoms with Gasteiger partial charge in [-0.05, 0) is 19.1 Å². The molecule has 0 saturated heterocycles. The lowest BCUT2D eigenvalue weighted by atomic mass is 10.2. The largest absolute Gasteiger partial charge is 0.344 e. The van der Waals surface area contributed by atoms with Crippen LogP contribution >= 0.6 is 0 Å². The van der Waals surface area contributed by atoms with Gasteiger partial charge in [-0.3, -0.25) is 9.59 Å². The fourth-order valence-corrected chi connectivity index (χ4v) is 1.47. The minimum Gasteiger partial charge on any atom is -0.344 e. The second-order valence-corrected chi connectivity index (χ2v) is 3.83. The highest BCUT2D eigenvalue weighted by atomic mass is 16.2. The summed E-state index contributed by atoms with van der Waals surface area (Å²) in [5.74, 6) is -0.0208. The first-order valence-electron chi connectivity index (χ1n) is 5.69. The van der Waals surface area contributed by atoms with Crippen molar-refractivity contribution in [3.05, 3.63) is 35.9 Å². The van der Waals surface area contributed by atoms with Crippen molar-refractivity contribution in [3.63, 3.8) is 0 Å². The summed E-state index contributed by atoms with van der Waals surface area (Å²) in [7, 11) is 1.74. The molecule has 2 amide bonds. The van der Waals surface area contributed by atoms with Gasteiger partial charge in [0.05, 0.1) is 0 Å². The Bertz CT molecular complexity index is 365. The number of amides is 2. The van der Waals surface area contributed by atoms with Crippen LogP contribution in [0.1, 0.15) is 17.3 Å². The lowest BCUT2D eigenvalue weighted by Gasteiger charge is -2.21. The Labute approximate surface area is 102 Å². The molecular weight excluding hydrogens is 216 g/mol. The van der Waals surface area contributed by atoms with Crippen LogP contribution in [0.3, 0.4) is 0 Å². The quantitative estimate of drug-likeness (QED) is 0.695. The summed E-state index contributed by atoms with van der Waals surface area (Å²) in [5, 5.41) is 0. The molecule has 4 heteroatoms. The van der Waals surface area contributed by atoms with Crippen molar-refractivity contribution in [1.29, 1.82) is 0 Å². The zero-order valence-corrected chi connectivity index (χ0v) is 10.3. The number of hydrogen-bond acceptors (Lipinski definition) is 2. The molecule has 0 unspecified atom stereocenters. The van der Waals surface area contributed by atoms with Crippen LogP contribution in [-0.4, -0.2) is 48.8 Å². The highest BCUT2D eigenvalue weighted by Crippen LogP contribution is 2.02. The summed E-state index contributed by atoms with van der Waals surface area (Å²) in [6, 6.07) is 9.13. The molecule has 0 aliphatic heterocycles. The normalized spacial score (nSPS) is 9.76. The molecule has 1 aromatic rings. The minimum atomic E-state index is -0.0208. The van der Waals surface area contributed by atoms with E-state index >= 15 is 0 Å². The first kappa shape index (κ1) is 13.2. The second kappa shape index (κ2) is 6.68. The molecule has 1 rings (SSSR count). The molecule has 0 saturated carbocycles. The van der Waals surface area contributed by atoms with E-state index in [0.717, 1.165) is 6.41 Å². The Morgan fingerprint density at radius 2 is 1.88 bits per heavy atom. The van der Waals surface area contributed by atoms with Gasteiger partial charge in [0, 0.05) is 32.2 Å². The van der Waals surface area contributed by atoms with E-state index in [4.69, 9.17) is 0 Å². The number of carbonyl (C=O) groups excluding carboxylic acids is 2. The predicted octanol–water partition coefficient (Wildman–Crippen LogP) is 1.24. The minimum absolute atomic E-state index is 0.0208. The first-order valence-corrected chi connectivity index (χ1v) is 5.69. The Morgan fingerprint density at radius 3 is 2.41 bits per heavy atom. The van der Waals surface area contributed by atoms with Crippen LogP contribution in [0.5, 0.6) is 0 Å². The van der Waals surface area contributed by atoms with Gasteiger partial charge in [0.15, 0.2) is 0 Å². The second-order valence-electron chi connectivity index (χ2n) is 3.83. The number of rotatable bonds is 6. The number of carbonyl (C=O) groups is 2. The molecule has 4 nitrogen and oxygen atoms in total. The molecule has 0 heterocycles. The highest BCUT2D eigenvalue weighted by Gasteiger charge is 2.11. The fourth-order valence-electron chi connectivity index (χ4n) is 1.47. The van der Waals surface area contributed by atoms with E-state index in [1.165, 1.54) is 0 Å². The molecule has 0 fully saturated rings. The van der Waals surface area contributed by atoms with Crippen molar-refractivity contribution in [1.82, 2.24) is 9.80 Å². The van der Waals surface area contributed by atoms with Crippen LogP contribution in [0.15, 0.2) is 30.3 Å². The molecule has 0 aliphatic rings. The molecule has 0 radical (unpaired) electrons. The van der Waals surface area contributed by atoms with Gasteiger partial charge in [-0.2, -0.15) is 0 Å². The van der Waals surface area contributed by atoms with Gasteiger partial charge in [0.25, 0.3) is 5.91 Å². The Hall–Kier alpha value is -1.84. The van der Waals surface area contributed by atoms with Gasteiger partial charge in [0.2, 0.25) is 6.41 Å². The van der Waals surface area contributed by atoms with E-state index in [1.54, 1.807) is 29.0 Å². The van der Waals surface area contributed by atoms with Gasteiger partial charge in [-0.1, -0.05) is 18.2 Å². The SMILES string of the molecule is CCN(C=O)CCN(C)C(=O)c1ccccc1. The summed E-state index contributed by atoms with van der Waals surface area (Å²) in [6.07, 6.45) is 0.806. The molecule has 0 bridgehead atoms. The van der Waals surface area contributed by atoms with E-state index < -0.39 is 0 Å². The molecule has 0 N–H and O–H groups in total. The molecular formula is C13H18N2O2. The van der Waals surface area contributed by atoms with E-state index in [-0.39, 0.29) is 5.91 Å². The van der Waals surface area contributed by atoms with Gasteiger partial charge in [-0.25, -0.2) is 0 Å². The average Bonchev–Trinajstić information content (AvgIpc) is 2.39. The van der Waals surface area contributed by atoms with Gasteiger partial charge in [0.1, 0.15) is 0 Å². The maximum absolute atomic E-state index is 12.0. The van der Waals surface area contributed by atoms with E-state index in [9.17, 15) is 9.59 Å². The average molecular weight is 234 g/mol. The fraction of sp³-hybridized carbons (Fsp3) is 0.385. The van der Waals surface area contributed by atoms with Crippen molar-refractivity contribution < 1.29 is 9.59 Å². The van der Waals surface area contributed by atoms with Crippen molar-refractivity contribution in [2.75, 3.05) is 26.7 Å². The number of hydrogen-bond donors (Lipinski definition) is 0. The molecule has 17 heavy (non-hydrogen) atoms. The first-order chi connectivity index (χ1) is 8.19. The van der Waals surface area contributed by atoms with Crippen LogP contribution in [0.4, 0.5) is 0 Å².